The van der Waals surface area contributed by atoms with Gasteiger partial charge >= 0.3 is 0 Å². The van der Waals surface area contributed by atoms with E-state index in [9.17, 15) is 5.11 Å². The third kappa shape index (κ3) is 2.19. The number of para-hydroxylation sites is 1. The van der Waals surface area contributed by atoms with Crippen molar-refractivity contribution in [2.24, 2.45) is 0 Å². The molecule has 3 heteroatoms. The van der Waals surface area contributed by atoms with E-state index < -0.39 is 0 Å². The van der Waals surface area contributed by atoms with Gasteiger partial charge in [0.1, 0.15) is 6.61 Å². The highest BCUT2D eigenvalue weighted by Crippen LogP contribution is 2.44. The van der Waals surface area contributed by atoms with Gasteiger partial charge in [0.25, 0.3) is 0 Å². The molecule has 1 aliphatic heterocycles. The number of terminal acetylenes is 1. The first-order chi connectivity index (χ1) is 10.7. The van der Waals surface area contributed by atoms with E-state index >= 15 is 0 Å². The minimum Gasteiger partial charge on any atom is -0.504 e. The van der Waals surface area contributed by atoms with Crippen LogP contribution in [-0.4, -0.2) is 18.8 Å². The van der Waals surface area contributed by atoms with Gasteiger partial charge in [0.05, 0.1) is 5.69 Å². The number of phenols is 1. The SMILES string of the molecule is C#CCOc1cc2c(cc1O)CN(C)c1c(C=C)cccc1-2. The Bertz CT molecular complexity index is 787. The molecule has 0 aliphatic carbocycles. The molecular formula is C19H17NO2. The van der Waals surface area contributed by atoms with Crippen molar-refractivity contribution >= 4 is 11.8 Å². The normalized spacial score (nSPS) is 12.1. The second-order valence-corrected chi connectivity index (χ2v) is 5.27. The summed E-state index contributed by atoms with van der Waals surface area (Å²) in [5, 5.41) is 10.1. The molecule has 0 unspecified atom stereocenters. The molecule has 0 radical (unpaired) electrons. The number of fused-ring (bicyclic) bond motifs is 3. The van der Waals surface area contributed by atoms with Crippen LogP contribution in [0.5, 0.6) is 11.5 Å². The zero-order valence-corrected chi connectivity index (χ0v) is 12.5. The van der Waals surface area contributed by atoms with Crippen molar-refractivity contribution in [3.05, 3.63) is 48.0 Å². The molecule has 1 N–H and O–H groups in total. The lowest BCUT2D eigenvalue weighted by molar-refractivity contribution is 0.342. The highest BCUT2D eigenvalue weighted by Gasteiger charge is 2.23. The average molecular weight is 291 g/mol. The van der Waals surface area contributed by atoms with E-state index in [0.717, 1.165) is 34.5 Å². The van der Waals surface area contributed by atoms with Gasteiger partial charge in [-0.1, -0.05) is 36.8 Å². The summed E-state index contributed by atoms with van der Waals surface area (Å²) >= 11 is 0. The first-order valence-corrected chi connectivity index (χ1v) is 7.04. The maximum atomic E-state index is 10.1. The molecule has 0 fully saturated rings. The van der Waals surface area contributed by atoms with E-state index in [4.69, 9.17) is 11.2 Å². The van der Waals surface area contributed by atoms with Crippen molar-refractivity contribution in [1.82, 2.24) is 0 Å². The van der Waals surface area contributed by atoms with Gasteiger partial charge in [-0.25, -0.2) is 0 Å². The summed E-state index contributed by atoms with van der Waals surface area (Å²) in [4.78, 5) is 2.16. The number of rotatable bonds is 3. The maximum absolute atomic E-state index is 10.1. The Hall–Kier alpha value is -2.86. The quantitative estimate of drug-likeness (QED) is 0.876. The van der Waals surface area contributed by atoms with Crippen LogP contribution in [0.4, 0.5) is 5.69 Å². The van der Waals surface area contributed by atoms with Crippen LogP contribution >= 0.6 is 0 Å². The second kappa shape index (κ2) is 5.50. The molecule has 2 aromatic carbocycles. The molecule has 3 rings (SSSR count). The van der Waals surface area contributed by atoms with Crippen molar-refractivity contribution in [1.29, 1.82) is 0 Å². The first-order valence-electron chi connectivity index (χ1n) is 7.04. The monoisotopic (exact) mass is 291 g/mol. The fourth-order valence-electron chi connectivity index (χ4n) is 2.93. The predicted octanol–water partition coefficient (Wildman–Crippen LogP) is 3.66. The molecule has 0 aromatic heterocycles. The number of hydrogen-bond acceptors (Lipinski definition) is 3. The van der Waals surface area contributed by atoms with E-state index in [1.54, 1.807) is 6.07 Å². The fraction of sp³-hybridized carbons (Fsp3) is 0.158. The summed E-state index contributed by atoms with van der Waals surface area (Å²) in [5.74, 6) is 2.94. The average Bonchev–Trinajstić information content (AvgIpc) is 2.52. The lowest BCUT2D eigenvalue weighted by Crippen LogP contribution is -2.22. The Morgan fingerprint density at radius 3 is 2.95 bits per heavy atom. The van der Waals surface area contributed by atoms with Gasteiger partial charge in [-0.3, -0.25) is 0 Å². The van der Waals surface area contributed by atoms with E-state index in [2.05, 4.69) is 23.5 Å². The third-order valence-corrected chi connectivity index (χ3v) is 3.86. The molecule has 0 amide bonds. The summed E-state index contributed by atoms with van der Waals surface area (Å²) in [6.45, 7) is 4.74. The van der Waals surface area contributed by atoms with Crippen molar-refractivity contribution in [2.75, 3.05) is 18.6 Å². The minimum atomic E-state index is 0.116. The van der Waals surface area contributed by atoms with Crippen LogP contribution in [0.1, 0.15) is 11.1 Å². The number of aromatic hydroxyl groups is 1. The molecule has 0 spiro atoms. The van der Waals surface area contributed by atoms with Crippen molar-refractivity contribution in [3.63, 3.8) is 0 Å². The summed E-state index contributed by atoms with van der Waals surface area (Å²) in [6.07, 6.45) is 7.08. The minimum absolute atomic E-state index is 0.116. The number of nitrogens with zero attached hydrogens (tertiary/aromatic N) is 1. The molecule has 3 nitrogen and oxygen atoms in total. The van der Waals surface area contributed by atoms with E-state index in [1.165, 1.54) is 0 Å². The molecule has 1 aliphatic rings. The molecule has 22 heavy (non-hydrogen) atoms. The molecule has 0 saturated heterocycles. The fourth-order valence-corrected chi connectivity index (χ4v) is 2.93. The Morgan fingerprint density at radius 1 is 1.41 bits per heavy atom. The Morgan fingerprint density at radius 2 is 2.23 bits per heavy atom. The van der Waals surface area contributed by atoms with E-state index in [-0.39, 0.29) is 12.4 Å². The van der Waals surface area contributed by atoms with Gasteiger partial charge in [0.15, 0.2) is 11.5 Å². The van der Waals surface area contributed by atoms with Crippen molar-refractivity contribution < 1.29 is 9.84 Å². The van der Waals surface area contributed by atoms with E-state index in [1.807, 2.05) is 31.3 Å². The number of anilines is 1. The largest absolute Gasteiger partial charge is 0.504 e. The predicted molar refractivity (Wildman–Crippen MR) is 90.1 cm³/mol. The first kappa shape index (κ1) is 14.1. The Labute approximate surface area is 130 Å². The van der Waals surface area contributed by atoms with Gasteiger partial charge < -0.3 is 14.7 Å². The van der Waals surface area contributed by atoms with Crippen molar-refractivity contribution in [2.45, 2.75) is 6.54 Å². The molecule has 0 saturated carbocycles. The van der Waals surface area contributed by atoms with E-state index in [0.29, 0.717) is 5.75 Å². The Kier molecular flexibility index (Phi) is 3.52. The zero-order chi connectivity index (χ0) is 15.7. The summed E-state index contributed by atoms with van der Waals surface area (Å²) in [5.41, 5.74) is 5.44. The highest BCUT2D eigenvalue weighted by atomic mass is 16.5. The lowest BCUT2D eigenvalue weighted by atomic mass is 9.91. The molecule has 0 bridgehead atoms. The lowest BCUT2D eigenvalue weighted by Gasteiger charge is -2.31. The molecule has 1 heterocycles. The van der Waals surface area contributed by atoms with Crippen molar-refractivity contribution in [3.8, 4) is 35.0 Å². The number of ether oxygens (including phenoxy) is 1. The third-order valence-electron chi connectivity index (χ3n) is 3.86. The van der Waals surface area contributed by atoms with Crippen LogP contribution in [0.25, 0.3) is 17.2 Å². The highest BCUT2D eigenvalue weighted by molar-refractivity contribution is 5.89. The van der Waals surface area contributed by atoms with Crippen LogP contribution in [0.15, 0.2) is 36.9 Å². The van der Waals surface area contributed by atoms with Crippen LogP contribution in [0, 0.1) is 12.3 Å². The number of benzene rings is 2. The van der Waals surface area contributed by atoms with Gasteiger partial charge in [0.2, 0.25) is 0 Å². The molecular weight excluding hydrogens is 274 g/mol. The number of hydrogen-bond donors (Lipinski definition) is 1. The van der Waals surface area contributed by atoms with Gasteiger partial charge in [0, 0.05) is 19.2 Å². The topological polar surface area (TPSA) is 32.7 Å². The molecule has 2 aromatic rings. The van der Waals surface area contributed by atoms with Crippen LogP contribution in [0.3, 0.4) is 0 Å². The molecule has 110 valence electrons. The van der Waals surface area contributed by atoms with Crippen LogP contribution in [-0.2, 0) is 6.54 Å². The maximum Gasteiger partial charge on any atom is 0.163 e. The smallest absolute Gasteiger partial charge is 0.163 e. The molecule has 0 atom stereocenters. The van der Waals surface area contributed by atoms with Crippen LogP contribution in [0.2, 0.25) is 0 Å². The zero-order valence-electron chi connectivity index (χ0n) is 12.5. The van der Waals surface area contributed by atoms with Gasteiger partial charge in [-0.15, -0.1) is 6.42 Å². The van der Waals surface area contributed by atoms with Gasteiger partial charge in [-0.2, -0.15) is 0 Å². The summed E-state index contributed by atoms with van der Waals surface area (Å²) < 4.78 is 5.43. The summed E-state index contributed by atoms with van der Waals surface area (Å²) in [7, 11) is 2.04. The Balaban J connectivity index is 2.19. The summed E-state index contributed by atoms with van der Waals surface area (Å²) in [6, 6.07) is 9.73. The van der Waals surface area contributed by atoms with Gasteiger partial charge in [-0.05, 0) is 28.8 Å². The number of phenolic OH excluding ortho intramolecular Hbond substituents is 1. The van der Waals surface area contributed by atoms with Crippen LogP contribution < -0.4 is 9.64 Å². The second-order valence-electron chi connectivity index (χ2n) is 5.27. The standard InChI is InChI=1S/C19H17NO2/c1-4-9-22-18-11-16-14(10-17(18)21)12-20(3)19-13(5-2)7-6-8-15(16)19/h1,5-8,10-11,21H,2,9,12H2,3H3.